The predicted molar refractivity (Wildman–Crippen MR) is 128 cm³/mol. The maximum atomic E-state index is 13.0. The highest BCUT2D eigenvalue weighted by Gasteiger charge is 2.33. The molecule has 0 radical (unpaired) electrons. The van der Waals surface area contributed by atoms with Crippen molar-refractivity contribution in [3.63, 3.8) is 0 Å². The molecule has 2 amide bonds. The van der Waals surface area contributed by atoms with E-state index in [0.29, 0.717) is 25.3 Å². The first-order chi connectivity index (χ1) is 17.0. The summed E-state index contributed by atoms with van der Waals surface area (Å²) in [6.45, 7) is 2.85. The summed E-state index contributed by atoms with van der Waals surface area (Å²) >= 11 is 0. The number of benzene rings is 2. The van der Waals surface area contributed by atoms with Crippen LogP contribution in [0.5, 0.6) is 0 Å². The lowest BCUT2D eigenvalue weighted by molar-refractivity contribution is -0.119. The number of carboxylic acid groups (broad SMARTS) is 1. The number of rotatable bonds is 7. The Labute approximate surface area is 202 Å². The number of hydrogen-bond donors (Lipinski definition) is 2. The van der Waals surface area contributed by atoms with Crippen LogP contribution in [-0.2, 0) is 16.1 Å². The molecule has 2 N–H and O–H groups in total. The lowest BCUT2D eigenvalue weighted by Crippen LogP contribution is -2.41. The summed E-state index contributed by atoms with van der Waals surface area (Å²) in [5.74, 6) is -1.15. The van der Waals surface area contributed by atoms with E-state index in [4.69, 9.17) is 4.74 Å². The lowest BCUT2D eigenvalue weighted by Gasteiger charge is -2.21. The third kappa shape index (κ3) is 4.14. The summed E-state index contributed by atoms with van der Waals surface area (Å²) in [6.07, 6.45) is 1.23. The Hall–Kier alpha value is -4.14. The number of aromatic nitrogens is 2. The van der Waals surface area contributed by atoms with E-state index in [1.165, 1.54) is 15.8 Å². The number of aromatic carboxylic acids is 1. The molecule has 2 heterocycles. The van der Waals surface area contributed by atoms with Gasteiger partial charge in [0, 0.05) is 24.9 Å². The number of anilines is 1. The largest absolute Gasteiger partial charge is 0.477 e. The van der Waals surface area contributed by atoms with E-state index in [1.54, 1.807) is 0 Å². The quantitative estimate of drug-likeness (QED) is 0.541. The second-order valence-corrected chi connectivity index (χ2v) is 8.73. The van der Waals surface area contributed by atoms with E-state index in [-0.39, 0.29) is 30.4 Å². The van der Waals surface area contributed by atoms with Crippen LogP contribution in [0.3, 0.4) is 0 Å². The summed E-state index contributed by atoms with van der Waals surface area (Å²) in [5.41, 5.74) is 4.56. The van der Waals surface area contributed by atoms with E-state index >= 15 is 0 Å². The lowest BCUT2D eigenvalue weighted by atomic mass is 9.98. The first-order valence-corrected chi connectivity index (χ1v) is 11.7. The summed E-state index contributed by atoms with van der Waals surface area (Å²) in [6, 6.07) is 15.8. The van der Waals surface area contributed by atoms with Crippen molar-refractivity contribution in [3.8, 4) is 11.1 Å². The van der Waals surface area contributed by atoms with Crippen LogP contribution in [0.2, 0.25) is 0 Å². The van der Waals surface area contributed by atoms with Crippen molar-refractivity contribution in [3.05, 3.63) is 71.4 Å². The smallest absolute Gasteiger partial charge is 0.407 e. The fourth-order valence-corrected chi connectivity index (χ4v) is 4.95. The molecule has 0 spiro atoms. The monoisotopic (exact) mass is 474 g/mol. The zero-order chi connectivity index (χ0) is 24.5. The highest BCUT2D eigenvalue weighted by atomic mass is 16.5. The molecule has 1 atom stereocenters. The average Bonchev–Trinajstić information content (AvgIpc) is 3.54. The van der Waals surface area contributed by atoms with E-state index in [0.717, 1.165) is 22.3 Å². The Kier molecular flexibility index (Phi) is 5.98. The number of carbonyl (C=O) groups is 3. The van der Waals surface area contributed by atoms with Crippen LogP contribution in [0.25, 0.3) is 11.1 Å². The summed E-state index contributed by atoms with van der Waals surface area (Å²) < 4.78 is 7.12. The second kappa shape index (κ2) is 9.25. The topological polar surface area (TPSA) is 114 Å². The molecule has 2 aromatic carbocycles. The van der Waals surface area contributed by atoms with Gasteiger partial charge in [-0.1, -0.05) is 55.5 Å². The van der Waals surface area contributed by atoms with E-state index in [2.05, 4.69) is 34.7 Å². The van der Waals surface area contributed by atoms with Crippen molar-refractivity contribution in [2.24, 2.45) is 0 Å². The minimum absolute atomic E-state index is 0.00612. The molecule has 180 valence electrons. The summed E-state index contributed by atoms with van der Waals surface area (Å²) in [7, 11) is 0. The molecule has 3 aromatic rings. The van der Waals surface area contributed by atoms with Gasteiger partial charge in [0.25, 0.3) is 0 Å². The van der Waals surface area contributed by atoms with Crippen LogP contribution in [0.15, 0.2) is 54.7 Å². The zero-order valence-electron chi connectivity index (χ0n) is 19.3. The maximum absolute atomic E-state index is 13.0. The third-order valence-electron chi connectivity index (χ3n) is 6.71. The number of alkyl carbamates (subject to hydrolysis) is 1. The van der Waals surface area contributed by atoms with Gasteiger partial charge >= 0.3 is 12.1 Å². The number of carboxylic acids is 1. The fourth-order valence-electron chi connectivity index (χ4n) is 4.95. The molecule has 0 bridgehead atoms. The summed E-state index contributed by atoms with van der Waals surface area (Å²) in [4.78, 5) is 38.5. The molecule has 1 aromatic heterocycles. The van der Waals surface area contributed by atoms with Crippen molar-refractivity contribution in [1.82, 2.24) is 15.1 Å². The van der Waals surface area contributed by atoms with Gasteiger partial charge in [-0.25, -0.2) is 14.3 Å². The molecule has 1 aliphatic carbocycles. The van der Waals surface area contributed by atoms with Gasteiger partial charge in [0.15, 0.2) is 0 Å². The zero-order valence-corrected chi connectivity index (χ0v) is 19.3. The van der Waals surface area contributed by atoms with Crippen molar-refractivity contribution < 1.29 is 24.2 Å². The molecule has 5 rings (SSSR count). The number of nitrogens with one attached hydrogen (secondary N) is 1. The van der Waals surface area contributed by atoms with Gasteiger partial charge < -0.3 is 15.2 Å². The van der Waals surface area contributed by atoms with Crippen LogP contribution in [0, 0.1) is 0 Å². The highest BCUT2D eigenvalue weighted by Crippen LogP contribution is 2.44. The van der Waals surface area contributed by atoms with Gasteiger partial charge in [-0.3, -0.25) is 9.69 Å². The van der Waals surface area contributed by atoms with Crippen molar-refractivity contribution >= 4 is 23.8 Å². The Bertz CT molecular complexity index is 1250. The van der Waals surface area contributed by atoms with Crippen LogP contribution in [0.1, 0.15) is 47.2 Å². The molecule has 0 saturated carbocycles. The molecule has 0 saturated heterocycles. The van der Waals surface area contributed by atoms with Gasteiger partial charge in [-0.15, -0.1) is 0 Å². The van der Waals surface area contributed by atoms with Crippen molar-refractivity contribution in [2.45, 2.75) is 38.3 Å². The number of ether oxygens (including phenoxy) is 1. The van der Waals surface area contributed by atoms with E-state index < -0.39 is 18.1 Å². The molecule has 9 heteroatoms. The Morgan fingerprint density at radius 1 is 1.09 bits per heavy atom. The number of nitrogens with zero attached hydrogens (tertiary/aromatic N) is 3. The molecular weight excluding hydrogens is 448 g/mol. The van der Waals surface area contributed by atoms with Crippen LogP contribution in [-0.4, -0.2) is 52.1 Å². The Morgan fingerprint density at radius 3 is 2.37 bits per heavy atom. The number of hydrogen-bond acceptors (Lipinski definition) is 5. The van der Waals surface area contributed by atoms with Crippen molar-refractivity contribution in [2.75, 3.05) is 18.1 Å². The van der Waals surface area contributed by atoms with Crippen LogP contribution < -0.4 is 10.2 Å². The van der Waals surface area contributed by atoms with Crippen LogP contribution in [0.4, 0.5) is 10.6 Å². The fraction of sp³-hybridized carbons (Fsp3) is 0.308. The number of amides is 2. The Morgan fingerprint density at radius 2 is 1.74 bits per heavy atom. The second-order valence-electron chi connectivity index (χ2n) is 8.73. The minimum atomic E-state index is -1.13. The molecule has 35 heavy (non-hydrogen) atoms. The molecule has 9 nitrogen and oxygen atoms in total. The SMILES string of the molecule is CC[C@@H](CC(=O)N1CCn2ncc(C(=O)O)c21)NC(=O)OCC1c2ccccc2-c2ccccc21. The number of fused-ring (bicyclic) bond motifs is 4. The maximum Gasteiger partial charge on any atom is 0.407 e. The highest BCUT2D eigenvalue weighted by molar-refractivity contribution is 6.01. The van der Waals surface area contributed by atoms with Crippen LogP contribution >= 0.6 is 0 Å². The average molecular weight is 475 g/mol. The third-order valence-corrected chi connectivity index (χ3v) is 6.71. The van der Waals surface area contributed by atoms with Crippen molar-refractivity contribution in [1.29, 1.82) is 0 Å². The van der Waals surface area contributed by atoms with E-state index in [9.17, 15) is 19.5 Å². The number of carbonyl (C=O) groups excluding carboxylic acids is 2. The van der Waals surface area contributed by atoms with Gasteiger partial charge in [-0.2, -0.15) is 5.10 Å². The van der Waals surface area contributed by atoms with Gasteiger partial charge in [0.2, 0.25) is 5.91 Å². The normalized spacial score (nSPS) is 14.7. The molecule has 2 aliphatic rings. The molecule has 0 unspecified atom stereocenters. The molecule has 1 aliphatic heterocycles. The van der Waals surface area contributed by atoms with Gasteiger partial charge in [0.05, 0.1) is 12.7 Å². The minimum Gasteiger partial charge on any atom is -0.477 e. The summed E-state index contributed by atoms with van der Waals surface area (Å²) in [5, 5.41) is 16.2. The predicted octanol–water partition coefficient (Wildman–Crippen LogP) is 3.64. The molecular formula is C26H26N4O5. The van der Waals surface area contributed by atoms with Gasteiger partial charge in [0.1, 0.15) is 18.0 Å². The van der Waals surface area contributed by atoms with Gasteiger partial charge in [-0.05, 0) is 28.7 Å². The molecule has 0 fully saturated rings. The Balaban J connectivity index is 1.21. The first-order valence-electron chi connectivity index (χ1n) is 11.7. The van der Waals surface area contributed by atoms with E-state index in [1.807, 2.05) is 31.2 Å². The standard InChI is InChI=1S/C26H26N4O5/c1-2-16(13-23(31)29-11-12-30-24(29)21(14-27-30)25(32)33)28-26(34)35-15-22-19-9-5-3-7-17(19)18-8-4-6-10-20(18)22/h3-10,14,16,22H,2,11-13,15H2,1H3,(H,28,34)(H,32,33)/t16-/m0/s1. The first kappa shape index (κ1) is 22.6.